The van der Waals surface area contributed by atoms with Crippen molar-refractivity contribution in [3.63, 3.8) is 0 Å². The highest BCUT2D eigenvalue weighted by atomic mass is 19.1. The maximum Gasteiger partial charge on any atom is 0.247 e. The molecule has 9 nitrogen and oxygen atoms in total. The molecule has 0 saturated carbocycles. The van der Waals surface area contributed by atoms with E-state index < -0.39 is 0 Å². The number of hydrogen-bond donors (Lipinski definition) is 2. The molecular weight excluding hydrogens is 485 g/mol. The number of carbonyl (C=O) groups excluding carboxylic acids is 1. The summed E-state index contributed by atoms with van der Waals surface area (Å²) in [6, 6.07) is 10.4. The molecule has 1 unspecified atom stereocenters. The lowest BCUT2D eigenvalue weighted by Gasteiger charge is -2.29. The van der Waals surface area contributed by atoms with E-state index in [4.69, 9.17) is 4.74 Å². The van der Waals surface area contributed by atoms with Gasteiger partial charge in [-0.15, -0.1) is 0 Å². The fourth-order valence-corrected chi connectivity index (χ4v) is 4.79. The third kappa shape index (κ3) is 5.03. The summed E-state index contributed by atoms with van der Waals surface area (Å²) in [5.41, 5.74) is 4.14. The minimum Gasteiger partial charge on any atom is -0.494 e. The van der Waals surface area contributed by atoms with Gasteiger partial charge in [0.25, 0.3) is 0 Å². The third-order valence-electron chi connectivity index (χ3n) is 6.83. The number of likely N-dealkylation sites (N-methyl/N-ethyl adjacent to an activating group) is 2. The molecule has 38 heavy (non-hydrogen) atoms. The lowest BCUT2D eigenvalue weighted by Crippen LogP contribution is -2.34. The molecule has 1 atom stereocenters. The smallest absolute Gasteiger partial charge is 0.247 e. The fraction of sp³-hybridized carbons (Fsp3) is 0.250. The summed E-state index contributed by atoms with van der Waals surface area (Å²) in [7, 11) is 5.73. The molecule has 2 aromatic heterocycles. The molecule has 0 spiro atoms. The van der Waals surface area contributed by atoms with E-state index in [1.807, 2.05) is 29.6 Å². The number of rotatable bonds is 8. The van der Waals surface area contributed by atoms with Crippen LogP contribution in [0.25, 0.3) is 16.9 Å². The van der Waals surface area contributed by atoms with Crippen molar-refractivity contribution in [2.75, 3.05) is 49.8 Å². The number of halogens is 1. The highest BCUT2D eigenvalue weighted by molar-refractivity contribution is 6.02. The summed E-state index contributed by atoms with van der Waals surface area (Å²) >= 11 is 0. The van der Waals surface area contributed by atoms with Gasteiger partial charge >= 0.3 is 0 Å². The summed E-state index contributed by atoms with van der Waals surface area (Å²) in [5.74, 6) is 0.480. The molecule has 1 aliphatic heterocycles. The number of ether oxygens (including phenoxy) is 1. The molecule has 1 amide bonds. The fourth-order valence-electron chi connectivity index (χ4n) is 4.79. The van der Waals surface area contributed by atoms with Crippen molar-refractivity contribution in [2.45, 2.75) is 12.5 Å². The Morgan fingerprint density at radius 2 is 2.08 bits per heavy atom. The van der Waals surface area contributed by atoms with Crippen LogP contribution in [0.15, 0.2) is 67.6 Å². The summed E-state index contributed by atoms with van der Waals surface area (Å²) in [6.45, 7) is 5.53. The number of benzene rings is 2. The van der Waals surface area contributed by atoms with E-state index in [0.29, 0.717) is 40.2 Å². The molecule has 0 bridgehead atoms. The molecule has 0 radical (unpaired) electrons. The normalized spacial score (nSPS) is 15.4. The minimum absolute atomic E-state index is 0.300. The van der Waals surface area contributed by atoms with Gasteiger partial charge in [-0.3, -0.25) is 9.20 Å². The van der Waals surface area contributed by atoms with E-state index in [-0.39, 0.29) is 11.7 Å². The van der Waals surface area contributed by atoms with Crippen molar-refractivity contribution in [2.24, 2.45) is 0 Å². The van der Waals surface area contributed by atoms with E-state index in [1.165, 1.54) is 18.2 Å². The van der Waals surface area contributed by atoms with Crippen LogP contribution in [0.5, 0.6) is 5.75 Å². The van der Waals surface area contributed by atoms with Gasteiger partial charge < -0.3 is 25.2 Å². The monoisotopic (exact) mass is 515 g/mol. The summed E-state index contributed by atoms with van der Waals surface area (Å²) < 4.78 is 21.4. The Hall–Kier alpha value is -4.44. The van der Waals surface area contributed by atoms with Crippen molar-refractivity contribution in [3.8, 4) is 17.0 Å². The molecule has 1 aliphatic rings. The highest BCUT2D eigenvalue weighted by Crippen LogP contribution is 2.39. The lowest BCUT2D eigenvalue weighted by atomic mass is 10.1. The number of imidazole rings is 1. The Balaban J connectivity index is 1.52. The molecule has 1 saturated heterocycles. The Kier molecular flexibility index (Phi) is 6.97. The predicted octanol–water partition coefficient (Wildman–Crippen LogP) is 4.55. The van der Waals surface area contributed by atoms with Crippen LogP contribution >= 0.6 is 0 Å². The first-order chi connectivity index (χ1) is 18.4. The zero-order chi connectivity index (χ0) is 26.8. The number of nitrogens with one attached hydrogen (secondary N) is 2. The quantitative estimate of drug-likeness (QED) is 0.333. The van der Waals surface area contributed by atoms with Crippen molar-refractivity contribution >= 4 is 34.4 Å². The van der Waals surface area contributed by atoms with Crippen LogP contribution in [0.4, 0.5) is 27.3 Å². The Morgan fingerprint density at radius 3 is 2.79 bits per heavy atom. The van der Waals surface area contributed by atoms with Crippen LogP contribution in [0.1, 0.15) is 6.42 Å². The van der Waals surface area contributed by atoms with Gasteiger partial charge in [0, 0.05) is 31.3 Å². The predicted molar refractivity (Wildman–Crippen MR) is 148 cm³/mol. The first-order valence-electron chi connectivity index (χ1n) is 12.3. The zero-order valence-corrected chi connectivity index (χ0v) is 21.6. The van der Waals surface area contributed by atoms with Gasteiger partial charge in [0.1, 0.15) is 17.4 Å². The topological polar surface area (TPSA) is 87.0 Å². The maximum atomic E-state index is 13.9. The SMILES string of the molecule is C=CC(=O)Nc1cc(Nc2cn3c(-c4cccc(F)c4)cnc3cn2)c(OC)cc1N(C)C1CCN(C)C1. The van der Waals surface area contributed by atoms with Crippen molar-refractivity contribution < 1.29 is 13.9 Å². The van der Waals surface area contributed by atoms with Crippen molar-refractivity contribution in [1.82, 2.24) is 19.3 Å². The second kappa shape index (κ2) is 10.5. The number of amides is 1. The van der Waals surface area contributed by atoms with E-state index in [0.717, 1.165) is 30.9 Å². The zero-order valence-electron chi connectivity index (χ0n) is 21.6. The van der Waals surface area contributed by atoms with Crippen LogP contribution in [-0.2, 0) is 4.79 Å². The molecule has 2 N–H and O–H groups in total. The van der Waals surface area contributed by atoms with Crippen LogP contribution in [0, 0.1) is 5.82 Å². The number of methoxy groups -OCH3 is 1. The summed E-state index contributed by atoms with van der Waals surface area (Å²) in [6.07, 6.45) is 7.37. The molecule has 3 heterocycles. The van der Waals surface area contributed by atoms with Gasteiger partial charge in [-0.1, -0.05) is 18.7 Å². The van der Waals surface area contributed by atoms with Gasteiger partial charge in [0.05, 0.1) is 48.5 Å². The second-order valence-electron chi connectivity index (χ2n) is 9.36. The van der Waals surface area contributed by atoms with E-state index >= 15 is 0 Å². The van der Waals surface area contributed by atoms with Crippen LogP contribution in [0.3, 0.4) is 0 Å². The van der Waals surface area contributed by atoms with Crippen LogP contribution < -0.4 is 20.3 Å². The van der Waals surface area contributed by atoms with Crippen LogP contribution in [-0.4, -0.2) is 65.5 Å². The molecule has 5 rings (SSSR count). The van der Waals surface area contributed by atoms with Gasteiger partial charge in [0.2, 0.25) is 5.91 Å². The molecule has 4 aromatic rings. The third-order valence-corrected chi connectivity index (χ3v) is 6.83. The second-order valence-corrected chi connectivity index (χ2v) is 9.36. The average Bonchev–Trinajstić information content (AvgIpc) is 3.54. The molecule has 10 heteroatoms. The summed E-state index contributed by atoms with van der Waals surface area (Å²) in [4.78, 5) is 25.7. The highest BCUT2D eigenvalue weighted by Gasteiger charge is 2.26. The standard InChI is InChI=1S/C28H30FN7O2/c1-5-28(37)33-21-12-22(25(38-4)13-23(21)35(3)20-9-10-34(2)16-20)32-26-17-36-24(14-31-27(36)15-30-26)18-7-6-8-19(29)11-18/h5-8,11-15,17,20,32H,1,9-10,16H2,2-4H3,(H,33,37). The van der Waals surface area contributed by atoms with E-state index in [9.17, 15) is 9.18 Å². The number of anilines is 4. The van der Waals surface area contributed by atoms with Crippen molar-refractivity contribution in [1.29, 1.82) is 0 Å². The lowest BCUT2D eigenvalue weighted by molar-refractivity contribution is -0.111. The van der Waals surface area contributed by atoms with E-state index in [1.54, 1.807) is 31.8 Å². The van der Waals surface area contributed by atoms with Crippen molar-refractivity contribution in [3.05, 3.63) is 73.5 Å². The Morgan fingerprint density at radius 1 is 1.24 bits per heavy atom. The Bertz CT molecular complexity index is 1500. The first-order valence-corrected chi connectivity index (χ1v) is 12.3. The molecule has 1 fully saturated rings. The van der Waals surface area contributed by atoms with Gasteiger partial charge in [-0.2, -0.15) is 0 Å². The largest absolute Gasteiger partial charge is 0.494 e. The average molecular weight is 516 g/mol. The van der Waals surface area contributed by atoms with Gasteiger partial charge in [-0.25, -0.2) is 14.4 Å². The minimum atomic E-state index is -0.321. The number of carbonyl (C=O) groups is 1. The first kappa shape index (κ1) is 25.2. The molecule has 2 aromatic carbocycles. The number of nitrogens with zero attached hydrogens (tertiary/aromatic N) is 5. The number of likely N-dealkylation sites (tertiary alicyclic amines) is 1. The number of fused-ring (bicyclic) bond motifs is 1. The summed E-state index contributed by atoms with van der Waals surface area (Å²) in [5, 5.41) is 6.24. The van der Waals surface area contributed by atoms with Crippen LogP contribution in [0.2, 0.25) is 0 Å². The number of aromatic nitrogens is 3. The maximum absolute atomic E-state index is 13.9. The Labute approximate surface area is 220 Å². The molecule has 196 valence electrons. The van der Waals surface area contributed by atoms with E-state index in [2.05, 4.69) is 44.0 Å². The van der Waals surface area contributed by atoms with Gasteiger partial charge in [-0.05, 0) is 44.3 Å². The van der Waals surface area contributed by atoms with Gasteiger partial charge in [0.15, 0.2) is 5.65 Å². The number of hydrogen-bond acceptors (Lipinski definition) is 7. The molecule has 0 aliphatic carbocycles. The molecular formula is C28H30FN7O2.